The van der Waals surface area contributed by atoms with Gasteiger partial charge >= 0.3 is 0 Å². The molecule has 0 spiro atoms. The van der Waals surface area contributed by atoms with Crippen molar-refractivity contribution in [3.05, 3.63) is 65.7 Å². The smallest absolute Gasteiger partial charge is 0.191 e. The third-order valence-electron chi connectivity index (χ3n) is 3.82. The zero-order valence-electron chi connectivity index (χ0n) is 15.2. The highest BCUT2D eigenvalue weighted by molar-refractivity contribution is 5.80. The second-order valence-corrected chi connectivity index (χ2v) is 5.69. The van der Waals surface area contributed by atoms with Gasteiger partial charge < -0.3 is 20.1 Å². The topological polar surface area (TPSA) is 54.9 Å². The molecule has 25 heavy (non-hydrogen) atoms. The maximum Gasteiger partial charge on any atom is 0.191 e. The van der Waals surface area contributed by atoms with E-state index in [4.69, 9.17) is 9.47 Å². The molecular formula is C20H27N3O2. The van der Waals surface area contributed by atoms with Crippen LogP contribution in [0.3, 0.4) is 0 Å². The number of hydrogen-bond donors (Lipinski definition) is 2. The number of nitrogens with zero attached hydrogens (tertiary/aromatic N) is 1. The summed E-state index contributed by atoms with van der Waals surface area (Å²) in [5, 5.41) is 6.74. The lowest BCUT2D eigenvalue weighted by Gasteiger charge is -2.18. The van der Waals surface area contributed by atoms with Crippen LogP contribution in [-0.4, -0.2) is 33.3 Å². The first-order valence-corrected chi connectivity index (χ1v) is 8.45. The third kappa shape index (κ3) is 6.47. The molecule has 0 radical (unpaired) electrons. The van der Waals surface area contributed by atoms with Crippen LogP contribution < -0.4 is 15.4 Å². The van der Waals surface area contributed by atoms with Crippen LogP contribution >= 0.6 is 0 Å². The van der Waals surface area contributed by atoms with Crippen molar-refractivity contribution < 1.29 is 9.47 Å². The molecule has 0 saturated carbocycles. The quantitative estimate of drug-likeness (QED) is 0.440. The van der Waals surface area contributed by atoms with Gasteiger partial charge in [0.05, 0.1) is 12.6 Å². The number of nitrogens with one attached hydrogen (secondary N) is 2. The van der Waals surface area contributed by atoms with Crippen molar-refractivity contribution in [2.24, 2.45) is 4.99 Å². The zero-order chi connectivity index (χ0) is 17.9. The molecule has 134 valence electrons. The third-order valence-corrected chi connectivity index (χ3v) is 3.82. The molecule has 0 bridgehead atoms. The summed E-state index contributed by atoms with van der Waals surface area (Å²) in [7, 11) is 3.44. The summed E-state index contributed by atoms with van der Waals surface area (Å²) in [4.78, 5) is 4.29. The van der Waals surface area contributed by atoms with E-state index in [0.717, 1.165) is 17.3 Å². The molecule has 5 nitrogen and oxygen atoms in total. The van der Waals surface area contributed by atoms with Gasteiger partial charge in [-0.3, -0.25) is 4.99 Å². The Labute approximate surface area is 150 Å². The lowest BCUT2D eigenvalue weighted by molar-refractivity contribution is 0.146. The molecule has 0 amide bonds. The van der Waals surface area contributed by atoms with E-state index in [0.29, 0.717) is 19.8 Å². The molecule has 1 unspecified atom stereocenters. The Bertz CT molecular complexity index is 642. The van der Waals surface area contributed by atoms with Gasteiger partial charge in [0.2, 0.25) is 0 Å². The van der Waals surface area contributed by atoms with E-state index in [1.54, 1.807) is 14.2 Å². The molecule has 0 aromatic heterocycles. The van der Waals surface area contributed by atoms with Gasteiger partial charge in [0, 0.05) is 20.7 Å². The molecule has 0 saturated heterocycles. The number of benzene rings is 2. The van der Waals surface area contributed by atoms with Gasteiger partial charge in [-0.1, -0.05) is 42.5 Å². The van der Waals surface area contributed by atoms with E-state index in [-0.39, 0.29) is 6.04 Å². The van der Waals surface area contributed by atoms with E-state index >= 15 is 0 Å². The summed E-state index contributed by atoms with van der Waals surface area (Å²) in [6.07, 6.45) is 0. The number of guanidine groups is 1. The summed E-state index contributed by atoms with van der Waals surface area (Å²) in [6.45, 7) is 3.96. The van der Waals surface area contributed by atoms with Gasteiger partial charge in [-0.2, -0.15) is 0 Å². The van der Waals surface area contributed by atoms with Crippen molar-refractivity contribution in [2.75, 3.05) is 27.4 Å². The van der Waals surface area contributed by atoms with E-state index in [1.165, 1.54) is 5.56 Å². The molecule has 2 aromatic rings. The predicted octanol–water partition coefficient (Wildman–Crippen LogP) is 3.14. The molecule has 1 atom stereocenters. The van der Waals surface area contributed by atoms with Gasteiger partial charge in [0.1, 0.15) is 12.4 Å². The summed E-state index contributed by atoms with van der Waals surface area (Å²) in [5.74, 6) is 1.62. The van der Waals surface area contributed by atoms with Crippen molar-refractivity contribution in [1.82, 2.24) is 10.6 Å². The van der Waals surface area contributed by atoms with Crippen molar-refractivity contribution in [3.8, 4) is 5.75 Å². The summed E-state index contributed by atoms with van der Waals surface area (Å²) < 4.78 is 10.5. The summed E-state index contributed by atoms with van der Waals surface area (Å²) >= 11 is 0. The van der Waals surface area contributed by atoms with Crippen LogP contribution in [0.2, 0.25) is 0 Å². The number of hydrogen-bond acceptors (Lipinski definition) is 3. The summed E-state index contributed by atoms with van der Waals surface area (Å²) in [6, 6.07) is 18.5. The first-order valence-electron chi connectivity index (χ1n) is 8.45. The fraction of sp³-hybridized carbons (Fsp3) is 0.350. The van der Waals surface area contributed by atoms with Crippen molar-refractivity contribution in [2.45, 2.75) is 19.5 Å². The predicted molar refractivity (Wildman–Crippen MR) is 102 cm³/mol. The van der Waals surface area contributed by atoms with E-state index in [9.17, 15) is 0 Å². The standard InChI is InChI=1S/C20H27N3O2/c1-16(18-7-5-4-6-8-18)23-20(21-2)22-15-17-9-11-19(12-10-17)25-14-13-24-3/h4-12,16H,13-15H2,1-3H3,(H2,21,22,23). The van der Waals surface area contributed by atoms with Gasteiger partial charge in [-0.05, 0) is 30.2 Å². The van der Waals surface area contributed by atoms with Crippen molar-refractivity contribution in [3.63, 3.8) is 0 Å². The molecule has 0 heterocycles. The Morgan fingerprint density at radius 1 is 1.04 bits per heavy atom. The van der Waals surface area contributed by atoms with Crippen LogP contribution in [0.25, 0.3) is 0 Å². The molecular weight excluding hydrogens is 314 g/mol. The van der Waals surface area contributed by atoms with Gasteiger partial charge in [-0.25, -0.2) is 0 Å². The maximum atomic E-state index is 5.57. The lowest BCUT2D eigenvalue weighted by atomic mass is 10.1. The minimum atomic E-state index is 0.184. The fourth-order valence-corrected chi connectivity index (χ4v) is 2.36. The highest BCUT2D eigenvalue weighted by atomic mass is 16.5. The van der Waals surface area contributed by atoms with Gasteiger partial charge in [-0.15, -0.1) is 0 Å². The van der Waals surface area contributed by atoms with Gasteiger partial charge in [0.25, 0.3) is 0 Å². The average molecular weight is 341 g/mol. The Morgan fingerprint density at radius 3 is 2.40 bits per heavy atom. The van der Waals surface area contributed by atoms with Gasteiger partial charge in [0.15, 0.2) is 5.96 Å². The van der Waals surface area contributed by atoms with Crippen LogP contribution in [0.4, 0.5) is 0 Å². The Kier molecular flexibility index (Phi) is 7.79. The van der Waals surface area contributed by atoms with E-state index < -0.39 is 0 Å². The molecule has 2 rings (SSSR count). The molecule has 2 N–H and O–H groups in total. The lowest BCUT2D eigenvalue weighted by Crippen LogP contribution is -2.38. The monoisotopic (exact) mass is 341 g/mol. The second kappa shape index (κ2) is 10.4. The number of ether oxygens (including phenoxy) is 2. The van der Waals surface area contributed by atoms with Crippen LogP contribution in [0.15, 0.2) is 59.6 Å². The molecule has 0 aliphatic rings. The fourth-order valence-electron chi connectivity index (χ4n) is 2.36. The second-order valence-electron chi connectivity index (χ2n) is 5.69. The Hall–Kier alpha value is -2.53. The van der Waals surface area contributed by atoms with Crippen molar-refractivity contribution in [1.29, 1.82) is 0 Å². The molecule has 0 fully saturated rings. The maximum absolute atomic E-state index is 5.57. The summed E-state index contributed by atoms with van der Waals surface area (Å²) in [5.41, 5.74) is 2.39. The SMILES string of the molecule is CN=C(NCc1ccc(OCCOC)cc1)NC(C)c1ccccc1. The largest absolute Gasteiger partial charge is 0.491 e. The Morgan fingerprint density at radius 2 is 1.76 bits per heavy atom. The van der Waals surface area contributed by atoms with Crippen LogP contribution in [-0.2, 0) is 11.3 Å². The highest BCUT2D eigenvalue weighted by Crippen LogP contribution is 2.13. The first-order chi connectivity index (χ1) is 12.2. The Balaban J connectivity index is 1.82. The van der Waals surface area contributed by atoms with Crippen LogP contribution in [0, 0.1) is 0 Å². The van der Waals surface area contributed by atoms with E-state index in [1.807, 2.05) is 42.5 Å². The number of rotatable bonds is 8. The minimum Gasteiger partial charge on any atom is -0.491 e. The molecule has 0 aliphatic carbocycles. The highest BCUT2D eigenvalue weighted by Gasteiger charge is 2.07. The number of methoxy groups -OCH3 is 1. The minimum absolute atomic E-state index is 0.184. The van der Waals surface area contributed by atoms with Crippen LogP contribution in [0.1, 0.15) is 24.1 Å². The zero-order valence-corrected chi connectivity index (χ0v) is 15.2. The van der Waals surface area contributed by atoms with E-state index in [2.05, 4.69) is 34.7 Å². The first kappa shape index (κ1) is 18.8. The van der Waals surface area contributed by atoms with Crippen LogP contribution in [0.5, 0.6) is 5.75 Å². The molecule has 2 aromatic carbocycles. The van der Waals surface area contributed by atoms with Crippen molar-refractivity contribution >= 4 is 5.96 Å². The molecule has 5 heteroatoms. The number of aliphatic imine (C=N–C) groups is 1. The normalized spacial score (nSPS) is 12.5. The average Bonchev–Trinajstić information content (AvgIpc) is 2.67. The molecule has 0 aliphatic heterocycles.